The van der Waals surface area contributed by atoms with Crippen molar-refractivity contribution in [2.45, 2.75) is 25.9 Å². The molecule has 0 atom stereocenters. The first kappa shape index (κ1) is 13.2. The van der Waals surface area contributed by atoms with Gasteiger partial charge in [0.1, 0.15) is 5.75 Å². The fourth-order valence-electron chi connectivity index (χ4n) is 2.90. The van der Waals surface area contributed by atoms with Crippen LogP contribution in [0.25, 0.3) is 0 Å². The third-order valence-corrected chi connectivity index (χ3v) is 3.98. The molecule has 0 saturated heterocycles. The maximum absolute atomic E-state index is 5.27. The first-order chi connectivity index (χ1) is 9.85. The van der Waals surface area contributed by atoms with E-state index in [2.05, 4.69) is 47.4 Å². The summed E-state index contributed by atoms with van der Waals surface area (Å²) in [4.78, 5) is 2.53. The van der Waals surface area contributed by atoms with Gasteiger partial charge in [-0.05, 0) is 48.2 Å². The molecule has 0 N–H and O–H groups in total. The van der Waals surface area contributed by atoms with Crippen LogP contribution in [0.3, 0.4) is 0 Å². The van der Waals surface area contributed by atoms with Crippen LogP contribution in [0.2, 0.25) is 0 Å². The first-order valence-electron chi connectivity index (χ1n) is 7.27. The molecule has 0 saturated carbocycles. The van der Waals surface area contributed by atoms with E-state index >= 15 is 0 Å². The lowest BCUT2D eigenvalue weighted by Crippen LogP contribution is -2.18. The van der Waals surface area contributed by atoms with E-state index in [9.17, 15) is 0 Å². The second kappa shape index (κ2) is 6.10. The van der Waals surface area contributed by atoms with Crippen LogP contribution >= 0.6 is 0 Å². The Bertz CT molecular complexity index is 554. The quantitative estimate of drug-likeness (QED) is 0.820. The van der Waals surface area contributed by atoms with Gasteiger partial charge < -0.3 is 4.74 Å². The van der Waals surface area contributed by atoms with E-state index in [0.717, 1.165) is 31.8 Å². The van der Waals surface area contributed by atoms with Crippen LogP contribution in [0.4, 0.5) is 0 Å². The predicted octanol–water partition coefficient (Wildman–Crippen LogP) is 3.64. The van der Waals surface area contributed by atoms with Crippen molar-refractivity contribution >= 4 is 0 Å². The van der Waals surface area contributed by atoms with E-state index < -0.39 is 0 Å². The van der Waals surface area contributed by atoms with Crippen molar-refractivity contribution in [2.75, 3.05) is 13.7 Å². The summed E-state index contributed by atoms with van der Waals surface area (Å²) in [6.45, 7) is 3.37. The second-order valence-corrected chi connectivity index (χ2v) is 5.43. The molecule has 0 spiro atoms. The molecule has 20 heavy (non-hydrogen) atoms. The number of methoxy groups -OCH3 is 1. The van der Waals surface area contributed by atoms with E-state index in [4.69, 9.17) is 4.74 Å². The van der Waals surface area contributed by atoms with Crippen molar-refractivity contribution in [3.63, 3.8) is 0 Å². The van der Waals surface area contributed by atoms with Crippen molar-refractivity contribution in [1.82, 2.24) is 4.90 Å². The molecular formula is C18H21NO. The van der Waals surface area contributed by atoms with Crippen molar-refractivity contribution in [2.24, 2.45) is 0 Å². The molecule has 0 amide bonds. The molecule has 1 heterocycles. The number of hydrogen-bond acceptors (Lipinski definition) is 2. The number of aryl methyl sites for hydroxylation is 1. The van der Waals surface area contributed by atoms with Gasteiger partial charge in [0.15, 0.2) is 0 Å². The fraction of sp³-hybridized carbons (Fsp3) is 0.333. The average molecular weight is 267 g/mol. The minimum atomic E-state index is 0.955. The summed E-state index contributed by atoms with van der Waals surface area (Å²) in [5.74, 6) is 0.955. The van der Waals surface area contributed by atoms with Gasteiger partial charge in [0.25, 0.3) is 0 Å². The number of nitrogens with zero attached hydrogens (tertiary/aromatic N) is 1. The van der Waals surface area contributed by atoms with Crippen LogP contribution in [0, 0.1) is 0 Å². The number of hydrogen-bond donors (Lipinski definition) is 0. The molecule has 0 fully saturated rings. The molecule has 2 nitrogen and oxygen atoms in total. The van der Waals surface area contributed by atoms with Crippen molar-refractivity contribution in [3.05, 3.63) is 65.2 Å². The van der Waals surface area contributed by atoms with Crippen LogP contribution in [0.5, 0.6) is 5.75 Å². The Hall–Kier alpha value is -1.80. The molecule has 0 aliphatic carbocycles. The van der Waals surface area contributed by atoms with Crippen LogP contribution in [-0.2, 0) is 19.5 Å². The normalized spacial score (nSPS) is 14.2. The Balaban J connectivity index is 1.49. The number of benzene rings is 2. The Morgan fingerprint density at radius 2 is 1.75 bits per heavy atom. The average Bonchev–Trinajstić information content (AvgIpc) is 2.90. The fourth-order valence-corrected chi connectivity index (χ4v) is 2.90. The Kier molecular flexibility index (Phi) is 4.03. The summed E-state index contributed by atoms with van der Waals surface area (Å²) in [5.41, 5.74) is 4.35. The van der Waals surface area contributed by atoms with E-state index in [1.807, 2.05) is 6.07 Å². The highest BCUT2D eigenvalue weighted by molar-refractivity contribution is 5.30. The van der Waals surface area contributed by atoms with Gasteiger partial charge in [-0.1, -0.05) is 36.4 Å². The number of ether oxygens (including phenoxy) is 1. The van der Waals surface area contributed by atoms with Gasteiger partial charge in [0, 0.05) is 13.1 Å². The van der Waals surface area contributed by atoms with Crippen LogP contribution < -0.4 is 4.74 Å². The summed E-state index contributed by atoms with van der Waals surface area (Å²) in [7, 11) is 1.72. The van der Waals surface area contributed by atoms with Gasteiger partial charge in [0.2, 0.25) is 0 Å². The topological polar surface area (TPSA) is 12.5 Å². The van der Waals surface area contributed by atoms with Crippen LogP contribution in [0.15, 0.2) is 48.5 Å². The second-order valence-electron chi connectivity index (χ2n) is 5.43. The summed E-state index contributed by atoms with van der Waals surface area (Å²) in [6, 6.07) is 17.2. The molecule has 2 aromatic rings. The van der Waals surface area contributed by atoms with Crippen LogP contribution in [-0.4, -0.2) is 18.6 Å². The van der Waals surface area contributed by atoms with Crippen molar-refractivity contribution < 1.29 is 4.74 Å². The standard InChI is InChI=1S/C18H21NO/c1-20-18-10-4-6-15(12-18)7-5-11-19-13-16-8-2-3-9-17(16)14-19/h2-4,6,8-10,12H,5,7,11,13-14H2,1H3. The van der Waals surface area contributed by atoms with E-state index in [1.165, 1.54) is 23.1 Å². The molecule has 2 heteroatoms. The highest BCUT2D eigenvalue weighted by Gasteiger charge is 2.17. The summed E-state index contributed by atoms with van der Waals surface area (Å²) in [6.07, 6.45) is 2.31. The lowest BCUT2D eigenvalue weighted by molar-refractivity contribution is 0.280. The zero-order valence-corrected chi connectivity index (χ0v) is 12.0. The molecule has 0 bridgehead atoms. The third kappa shape index (κ3) is 3.02. The third-order valence-electron chi connectivity index (χ3n) is 3.98. The van der Waals surface area contributed by atoms with Crippen LogP contribution in [0.1, 0.15) is 23.1 Å². The predicted molar refractivity (Wildman–Crippen MR) is 81.9 cm³/mol. The molecule has 1 aliphatic rings. The SMILES string of the molecule is COc1cccc(CCCN2Cc3ccccc3C2)c1. The molecule has 0 radical (unpaired) electrons. The van der Waals surface area contributed by atoms with E-state index in [0.29, 0.717) is 0 Å². The van der Waals surface area contributed by atoms with Crippen molar-refractivity contribution in [1.29, 1.82) is 0 Å². The Labute approximate surface area is 121 Å². The Morgan fingerprint density at radius 3 is 2.45 bits per heavy atom. The summed E-state index contributed by atoms with van der Waals surface area (Å²) in [5, 5.41) is 0. The summed E-state index contributed by atoms with van der Waals surface area (Å²) < 4.78 is 5.27. The monoisotopic (exact) mass is 267 g/mol. The molecular weight excluding hydrogens is 246 g/mol. The minimum absolute atomic E-state index is 0.955. The van der Waals surface area contributed by atoms with Gasteiger partial charge in [-0.3, -0.25) is 4.90 Å². The first-order valence-corrected chi connectivity index (χ1v) is 7.27. The van der Waals surface area contributed by atoms with Gasteiger partial charge in [-0.15, -0.1) is 0 Å². The molecule has 104 valence electrons. The Morgan fingerprint density at radius 1 is 1.00 bits per heavy atom. The van der Waals surface area contributed by atoms with Crippen molar-refractivity contribution in [3.8, 4) is 5.75 Å². The lowest BCUT2D eigenvalue weighted by atomic mass is 10.1. The summed E-state index contributed by atoms with van der Waals surface area (Å²) >= 11 is 0. The maximum atomic E-state index is 5.27. The van der Waals surface area contributed by atoms with E-state index in [-0.39, 0.29) is 0 Å². The zero-order chi connectivity index (χ0) is 13.8. The molecule has 0 aromatic heterocycles. The number of rotatable bonds is 5. The van der Waals surface area contributed by atoms with Gasteiger partial charge in [-0.2, -0.15) is 0 Å². The van der Waals surface area contributed by atoms with E-state index in [1.54, 1.807) is 7.11 Å². The highest BCUT2D eigenvalue weighted by atomic mass is 16.5. The maximum Gasteiger partial charge on any atom is 0.119 e. The lowest BCUT2D eigenvalue weighted by Gasteiger charge is -2.14. The molecule has 0 unspecified atom stereocenters. The molecule has 3 rings (SSSR count). The number of fused-ring (bicyclic) bond motifs is 1. The molecule has 1 aliphatic heterocycles. The van der Waals surface area contributed by atoms with Gasteiger partial charge in [-0.25, -0.2) is 0 Å². The largest absolute Gasteiger partial charge is 0.497 e. The smallest absolute Gasteiger partial charge is 0.119 e. The van der Waals surface area contributed by atoms with Gasteiger partial charge >= 0.3 is 0 Å². The van der Waals surface area contributed by atoms with Gasteiger partial charge in [0.05, 0.1) is 7.11 Å². The zero-order valence-electron chi connectivity index (χ0n) is 12.0. The molecule has 2 aromatic carbocycles. The minimum Gasteiger partial charge on any atom is -0.497 e. The highest BCUT2D eigenvalue weighted by Crippen LogP contribution is 2.22.